The SMILES string of the molecule is CCNC(=S)N/C(C)=C\C(=N)Oc1c(F)cc(C(F)(F)F)cc1Cl. The Morgan fingerprint density at radius 1 is 1.42 bits per heavy atom. The number of rotatable bonds is 4. The van der Waals surface area contributed by atoms with Gasteiger partial charge in [-0.15, -0.1) is 0 Å². The molecule has 3 N–H and O–H groups in total. The Morgan fingerprint density at radius 3 is 2.54 bits per heavy atom. The lowest BCUT2D eigenvalue weighted by Gasteiger charge is -2.12. The average Bonchev–Trinajstić information content (AvgIpc) is 2.41. The molecule has 1 aromatic rings. The number of benzene rings is 1. The second kappa shape index (κ2) is 8.29. The molecular weight excluding hydrogens is 370 g/mol. The average molecular weight is 384 g/mol. The van der Waals surface area contributed by atoms with Crippen LogP contribution in [0.25, 0.3) is 0 Å². The summed E-state index contributed by atoms with van der Waals surface area (Å²) in [7, 11) is 0. The van der Waals surface area contributed by atoms with E-state index in [9.17, 15) is 17.6 Å². The topological polar surface area (TPSA) is 57.1 Å². The van der Waals surface area contributed by atoms with Gasteiger partial charge in [0.25, 0.3) is 0 Å². The molecule has 0 aliphatic carbocycles. The number of ether oxygens (including phenoxy) is 1. The highest BCUT2D eigenvalue weighted by Crippen LogP contribution is 2.36. The predicted molar refractivity (Wildman–Crippen MR) is 87.9 cm³/mol. The lowest BCUT2D eigenvalue weighted by Crippen LogP contribution is -2.34. The maximum Gasteiger partial charge on any atom is 0.416 e. The van der Waals surface area contributed by atoms with Crippen LogP contribution in [0.1, 0.15) is 19.4 Å². The smallest absolute Gasteiger partial charge is 0.416 e. The van der Waals surface area contributed by atoms with Crippen molar-refractivity contribution >= 4 is 34.8 Å². The third kappa shape index (κ3) is 5.97. The standard InChI is InChI=1S/C14H14ClF4N3OS/c1-3-21-13(24)22-7(2)4-11(20)23-12-9(15)5-8(6-10(12)16)14(17,18)19/h4-6,20H,3H2,1-2H3,(H2,21,22,24)/b7-4-,20-11?. The van der Waals surface area contributed by atoms with Crippen molar-refractivity contribution < 1.29 is 22.3 Å². The maximum absolute atomic E-state index is 13.8. The van der Waals surface area contributed by atoms with E-state index in [1.54, 1.807) is 6.92 Å². The first-order valence-corrected chi connectivity index (χ1v) is 7.39. The quantitative estimate of drug-likeness (QED) is 0.315. The molecule has 0 unspecified atom stereocenters. The van der Waals surface area contributed by atoms with Gasteiger partial charge in [0.1, 0.15) is 0 Å². The molecule has 0 aliphatic heterocycles. The molecule has 4 nitrogen and oxygen atoms in total. The van der Waals surface area contributed by atoms with Crippen molar-refractivity contribution in [2.24, 2.45) is 0 Å². The molecule has 24 heavy (non-hydrogen) atoms. The Bertz CT molecular complexity index is 653. The Kier molecular flexibility index (Phi) is 6.97. The van der Waals surface area contributed by atoms with Gasteiger partial charge in [-0.25, -0.2) is 4.39 Å². The van der Waals surface area contributed by atoms with Gasteiger partial charge in [0.05, 0.1) is 10.6 Å². The highest BCUT2D eigenvalue weighted by Gasteiger charge is 2.32. The lowest BCUT2D eigenvalue weighted by molar-refractivity contribution is -0.137. The molecule has 10 heteroatoms. The van der Waals surface area contributed by atoms with Crippen LogP contribution in [0.2, 0.25) is 5.02 Å². The van der Waals surface area contributed by atoms with Crippen molar-refractivity contribution in [1.29, 1.82) is 5.41 Å². The van der Waals surface area contributed by atoms with Crippen LogP contribution in [0.5, 0.6) is 5.75 Å². The van der Waals surface area contributed by atoms with Crippen LogP contribution >= 0.6 is 23.8 Å². The molecule has 1 aromatic carbocycles. The van der Waals surface area contributed by atoms with E-state index >= 15 is 0 Å². The molecule has 0 radical (unpaired) electrons. The van der Waals surface area contributed by atoms with Crippen LogP contribution < -0.4 is 15.4 Å². The fourth-order valence-electron chi connectivity index (χ4n) is 1.58. The first-order valence-electron chi connectivity index (χ1n) is 6.60. The van der Waals surface area contributed by atoms with E-state index in [0.717, 1.165) is 0 Å². The second-order valence-electron chi connectivity index (χ2n) is 4.54. The number of alkyl halides is 3. The van der Waals surface area contributed by atoms with E-state index in [1.165, 1.54) is 6.08 Å². The molecule has 0 heterocycles. The third-order valence-electron chi connectivity index (χ3n) is 2.53. The number of hydrogen-bond donors (Lipinski definition) is 3. The molecule has 0 bridgehead atoms. The zero-order chi connectivity index (χ0) is 18.5. The summed E-state index contributed by atoms with van der Waals surface area (Å²) in [4.78, 5) is 0. The van der Waals surface area contributed by atoms with E-state index < -0.39 is 34.2 Å². The van der Waals surface area contributed by atoms with Crippen molar-refractivity contribution in [3.05, 3.63) is 40.3 Å². The fraction of sp³-hybridized carbons (Fsp3) is 0.286. The van der Waals surface area contributed by atoms with Gasteiger partial charge in [-0.05, 0) is 38.2 Å². The van der Waals surface area contributed by atoms with Gasteiger partial charge >= 0.3 is 6.18 Å². The van der Waals surface area contributed by atoms with Crippen molar-refractivity contribution in [3.63, 3.8) is 0 Å². The van der Waals surface area contributed by atoms with Crippen LogP contribution in [0, 0.1) is 11.2 Å². The van der Waals surface area contributed by atoms with Gasteiger partial charge in [-0.2, -0.15) is 13.2 Å². The molecular formula is C14H14ClF4N3OS. The minimum Gasteiger partial charge on any atom is -0.435 e. The highest BCUT2D eigenvalue weighted by molar-refractivity contribution is 7.80. The van der Waals surface area contributed by atoms with E-state index in [0.29, 0.717) is 23.4 Å². The molecule has 0 saturated heterocycles. The van der Waals surface area contributed by atoms with Gasteiger partial charge in [0.15, 0.2) is 16.7 Å². The van der Waals surface area contributed by atoms with Crippen molar-refractivity contribution in [2.45, 2.75) is 20.0 Å². The minimum atomic E-state index is -4.74. The van der Waals surface area contributed by atoms with Crippen molar-refractivity contribution in [2.75, 3.05) is 6.54 Å². The summed E-state index contributed by atoms with van der Waals surface area (Å²) in [5.74, 6) is -2.51. The van der Waals surface area contributed by atoms with Gasteiger partial charge in [0, 0.05) is 18.3 Å². The van der Waals surface area contributed by atoms with E-state index in [4.69, 9.17) is 34.0 Å². The molecule has 1 rings (SSSR count). The number of nitrogens with one attached hydrogen (secondary N) is 3. The van der Waals surface area contributed by atoms with Crippen LogP contribution in [0.3, 0.4) is 0 Å². The monoisotopic (exact) mass is 383 g/mol. The third-order valence-corrected chi connectivity index (χ3v) is 3.06. The zero-order valence-corrected chi connectivity index (χ0v) is 14.2. The first kappa shape index (κ1) is 20.2. The Morgan fingerprint density at radius 2 is 2.04 bits per heavy atom. The highest BCUT2D eigenvalue weighted by atomic mass is 35.5. The van der Waals surface area contributed by atoms with E-state index in [-0.39, 0.29) is 6.07 Å². The van der Waals surface area contributed by atoms with Crippen LogP contribution in [0.4, 0.5) is 17.6 Å². The molecule has 132 valence electrons. The summed E-state index contributed by atoms with van der Waals surface area (Å²) >= 11 is 10.6. The summed E-state index contributed by atoms with van der Waals surface area (Å²) in [5.41, 5.74) is -0.831. The molecule has 0 amide bonds. The molecule has 0 spiro atoms. The largest absolute Gasteiger partial charge is 0.435 e. The summed E-state index contributed by atoms with van der Waals surface area (Å²) in [6.07, 6.45) is -3.56. The van der Waals surface area contributed by atoms with Crippen molar-refractivity contribution in [3.8, 4) is 5.75 Å². The summed E-state index contributed by atoms with van der Waals surface area (Å²) in [5, 5.41) is 12.9. The number of hydrogen-bond acceptors (Lipinski definition) is 3. The van der Waals surface area contributed by atoms with Crippen LogP contribution in [-0.4, -0.2) is 17.6 Å². The molecule has 0 aliphatic rings. The number of halogens is 5. The van der Waals surface area contributed by atoms with Gasteiger partial charge in [-0.3, -0.25) is 5.41 Å². The zero-order valence-electron chi connectivity index (χ0n) is 12.6. The Balaban J connectivity index is 2.90. The molecule has 0 saturated carbocycles. The van der Waals surface area contributed by atoms with Crippen LogP contribution in [-0.2, 0) is 6.18 Å². The second-order valence-corrected chi connectivity index (χ2v) is 5.36. The molecule has 0 atom stereocenters. The number of allylic oxidation sites excluding steroid dienone is 1. The fourth-order valence-corrected chi connectivity index (χ4v) is 2.13. The first-order chi connectivity index (χ1) is 11.0. The van der Waals surface area contributed by atoms with Gasteiger partial charge in [-0.1, -0.05) is 11.6 Å². The van der Waals surface area contributed by atoms with E-state index in [2.05, 4.69) is 10.6 Å². The van der Waals surface area contributed by atoms with Gasteiger partial charge < -0.3 is 15.4 Å². The number of thiocarbonyl (C=S) groups is 1. The summed E-state index contributed by atoms with van der Waals surface area (Å²) < 4.78 is 56.3. The Hall–Kier alpha value is -1.87. The summed E-state index contributed by atoms with van der Waals surface area (Å²) in [6.45, 7) is 4.01. The minimum absolute atomic E-state index is 0.254. The molecule has 0 fully saturated rings. The van der Waals surface area contributed by atoms with Gasteiger partial charge in [0.2, 0.25) is 5.90 Å². The van der Waals surface area contributed by atoms with Crippen molar-refractivity contribution in [1.82, 2.24) is 10.6 Å². The summed E-state index contributed by atoms with van der Waals surface area (Å²) in [6, 6.07) is 0.784. The van der Waals surface area contributed by atoms with E-state index in [1.807, 2.05) is 6.92 Å². The predicted octanol–water partition coefficient (Wildman–Crippen LogP) is 4.24. The maximum atomic E-state index is 13.8. The molecule has 0 aromatic heterocycles. The lowest BCUT2D eigenvalue weighted by atomic mass is 10.2. The Labute approximate surface area is 146 Å². The normalized spacial score (nSPS) is 11.9. The van der Waals surface area contributed by atoms with Crippen LogP contribution in [0.15, 0.2) is 23.9 Å².